The Morgan fingerprint density at radius 3 is 2.42 bits per heavy atom. The highest BCUT2D eigenvalue weighted by molar-refractivity contribution is 5.70. The van der Waals surface area contributed by atoms with Crippen LogP contribution < -0.4 is 0 Å². The number of hydrogen-bond acceptors (Lipinski definition) is 9. The molecule has 33 heavy (non-hydrogen) atoms. The maximum atomic E-state index is 12.5. The molecule has 1 spiro atoms. The van der Waals surface area contributed by atoms with Gasteiger partial charge in [0.2, 0.25) is 0 Å². The normalized spacial score (nSPS) is 43.0. The molecule has 2 bridgehead atoms. The number of aliphatic hydroxyl groups is 1. The molecular weight excluding hydrogens is 432 g/mol. The number of fused-ring (bicyclic) bond motifs is 2. The van der Waals surface area contributed by atoms with Gasteiger partial charge in [-0.15, -0.1) is 0 Å². The molecule has 0 aromatic heterocycles. The van der Waals surface area contributed by atoms with Crippen molar-refractivity contribution in [1.82, 2.24) is 0 Å². The van der Waals surface area contributed by atoms with Gasteiger partial charge in [-0.05, 0) is 18.4 Å². The molecule has 0 aromatic rings. The Morgan fingerprint density at radius 1 is 1.21 bits per heavy atom. The van der Waals surface area contributed by atoms with E-state index < -0.39 is 58.9 Å². The van der Waals surface area contributed by atoms with Crippen molar-refractivity contribution in [3.05, 3.63) is 11.6 Å². The van der Waals surface area contributed by atoms with Crippen LogP contribution in [-0.2, 0) is 38.1 Å². The van der Waals surface area contributed by atoms with Crippen LogP contribution in [0.1, 0.15) is 54.4 Å². The van der Waals surface area contributed by atoms with Crippen LogP contribution in [0.4, 0.5) is 0 Å². The van der Waals surface area contributed by atoms with E-state index in [0.717, 1.165) is 5.57 Å². The van der Waals surface area contributed by atoms with Gasteiger partial charge >= 0.3 is 17.9 Å². The number of rotatable bonds is 6. The third kappa shape index (κ3) is 3.51. The molecule has 1 N–H and O–H groups in total. The van der Waals surface area contributed by atoms with Crippen molar-refractivity contribution in [3.8, 4) is 0 Å². The lowest BCUT2D eigenvalue weighted by Crippen LogP contribution is -2.68. The van der Waals surface area contributed by atoms with Crippen LogP contribution in [0.25, 0.3) is 0 Å². The highest BCUT2D eigenvalue weighted by Crippen LogP contribution is 2.72. The second-order valence-corrected chi connectivity index (χ2v) is 10.5. The summed E-state index contributed by atoms with van der Waals surface area (Å²) in [6.07, 6.45) is -1.46. The molecule has 9 heteroatoms. The van der Waals surface area contributed by atoms with Crippen molar-refractivity contribution in [2.24, 2.45) is 16.7 Å². The largest absolute Gasteiger partial charge is 0.465 e. The van der Waals surface area contributed by atoms with Crippen LogP contribution in [0.2, 0.25) is 0 Å². The molecule has 2 aliphatic carbocycles. The Kier molecular flexibility index (Phi) is 5.90. The fourth-order valence-electron chi connectivity index (χ4n) is 6.26. The standard InChI is InChI=1S/C24H34O9/c1-12(2)7-18(27)32-16-9-23(10-29-14(4)25)17(8-13(16)3)33-21-19(28)20(31-15(5)26)22(23,6)24(21)11-30-24/h8,12,16-17,19-21,28H,7,9-11H2,1-6H3/t16-,17+,19+,20?,21?,22+,23+,24+/m0/s1. The summed E-state index contributed by atoms with van der Waals surface area (Å²) in [5, 5.41) is 11.2. The number of ether oxygens (including phenoxy) is 5. The first-order valence-corrected chi connectivity index (χ1v) is 11.5. The van der Waals surface area contributed by atoms with Gasteiger partial charge in [0, 0.05) is 26.7 Å². The van der Waals surface area contributed by atoms with Crippen LogP contribution >= 0.6 is 0 Å². The number of aliphatic hydroxyl groups excluding tert-OH is 1. The summed E-state index contributed by atoms with van der Waals surface area (Å²) >= 11 is 0. The Hall–Kier alpha value is -1.97. The van der Waals surface area contributed by atoms with Crippen molar-refractivity contribution in [3.63, 3.8) is 0 Å². The summed E-state index contributed by atoms with van der Waals surface area (Å²) in [7, 11) is 0. The lowest BCUT2D eigenvalue weighted by molar-refractivity contribution is -0.241. The molecule has 4 rings (SSSR count). The molecule has 0 amide bonds. The first-order chi connectivity index (χ1) is 15.4. The molecule has 2 heterocycles. The molecule has 3 fully saturated rings. The van der Waals surface area contributed by atoms with Crippen LogP contribution in [0.5, 0.6) is 0 Å². The zero-order valence-corrected chi connectivity index (χ0v) is 20.1. The highest BCUT2D eigenvalue weighted by Gasteiger charge is 2.86. The van der Waals surface area contributed by atoms with Gasteiger partial charge in [0.25, 0.3) is 0 Å². The molecule has 184 valence electrons. The summed E-state index contributed by atoms with van der Waals surface area (Å²) < 4.78 is 29.4. The lowest BCUT2D eigenvalue weighted by Gasteiger charge is -2.58. The van der Waals surface area contributed by atoms with Crippen molar-refractivity contribution in [1.29, 1.82) is 0 Å². The Bertz CT molecular complexity index is 875. The zero-order valence-electron chi connectivity index (χ0n) is 20.1. The van der Waals surface area contributed by atoms with Gasteiger partial charge < -0.3 is 28.8 Å². The van der Waals surface area contributed by atoms with E-state index >= 15 is 0 Å². The fraction of sp³-hybridized carbons (Fsp3) is 0.792. The Balaban J connectivity index is 1.79. The first-order valence-electron chi connectivity index (χ1n) is 11.5. The predicted octanol–water partition coefficient (Wildman–Crippen LogP) is 1.69. The third-order valence-corrected chi connectivity index (χ3v) is 8.00. The van der Waals surface area contributed by atoms with E-state index in [1.807, 2.05) is 33.8 Å². The summed E-state index contributed by atoms with van der Waals surface area (Å²) in [6, 6.07) is 0. The number of esters is 3. The smallest absolute Gasteiger partial charge is 0.306 e. The van der Waals surface area contributed by atoms with Crippen molar-refractivity contribution in [2.75, 3.05) is 13.2 Å². The topological polar surface area (TPSA) is 121 Å². The van der Waals surface area contributed by atoms with Crippen LogP contribution in [0.15, 0.2) is 11.6 Å². The minimum Gasteiger partial charge on any atom is -0.465 e. The second-order valence-electron chi connectivity index (χ2n) is 10.5. The van der Waals surface area contributed by atoms with Crippen LogP contribution in [0, 0.1) is 16.7 Å². The van der Waals surface area contributed by atoms with E-state index in [4.69, 9.17) is 23.7 Å². The van der Waals surface area contributed by atoms with Gasteiger partial charge in [0.1, 0.15) is 36.6 Å². The average molecular weight is 467 g/mol. The van der Waals surface area contributed by atoms with Gasteiger partial charge in [-0.2, -0.15) is 0 Å². The fourth-order valence-corrected chi connectivity index (χ4v) is 6.26. The summed E-state index contributed by atoms with van der Waals surface area (Å²) in [5.41, 5.74) is -2.00. The van der Waals surface area contributed by atoms with E-state index in [2.05, 4.69) is 0 Å². The van der Waals surface area contributed by atoms with E-state index in [-0.39, 0.29) is 31.3 Å². The molecule has 1 saturated carbocycles. The monoisotopic (exact) mass is 466 g/mol. The molecule has 0 aromatic carbocycles. The second kappa shape index (κ2) is 8.06. The predicted molar refractivity (Wildman–Crippen MR) is 114 cm³/mol. The number of hydrogen-bond donors (Lipinski definition) is 1. The molecule has 2 unspecified atom stereocenters. The van der Waals surface area contributed by atoms with Crippen LogP contribution in [-0.4, -0.2) is 72.3 Å². The van der Waals surface area contributed by atoms with Gasteiger partial charge in [-0.3, -0.25) is 14.4 Å². The first kappa shape index (κ1) is 24.2. The van der Waals surface area contributed by atoms with Gasteiger partial charge in [0.05, 0.1) is 23.5 Å². The minimum atomic E-state index is -1.11. The Morgan fingerprint density at radius 2 is 1.88 bits per heavy atom. The molecular formula is C24H34O9. The SMILES string of the molecule is CC(=O)OC[C@]12C[C@H](OC(=O)CC(C)C)C(C)=C[C@H]1OC1[C@H](O)C(OC(C)=O)[C@@]2(C)[C@@]12CO2. The molecule has 2 saturated heterocycles. The van der Waals surface area contributed by atoms with Crippen molar-refractivity contribution < 1.29 is 43.2 Å². The number of epoxide rings is 1. The van der Waals surface area contributed by atoms with Gasteiger partial charge in [-0.25, -0.2) is 0 Å². The summed E-state index contributed by atoms with van der Waals surface area (Å²) in [5.74, 6) is -1.18. The van der Waals surface area contributed by atoms with Gasteiger partial charge in [-0.1, -0.05) is 26.8 Å². The molecule has 2 aliphatic heterocycles. The average Bonchev–Trinajstić information content (AvgIpc) is 3.48. The van der Waals surface area contributed by atoms with E-state index in [0.29, 0.717) is 6.61 Å². The molecule has 0 radical (unpaired) electrons. The molecule has 8 atom stereocenters. The molecule has 4 aliphatic rings. The number of carbonyl (C=O) groups is 3. The minimum absolute atomic E-state index is 0.0617. The third-order valence-electron chi connectivity index (χ3n) is 8.00. The van der Waals surface area contributed by atoms with E-state index in [9.17, 15) is 19.5 Å². The summed E-state index contributed by atoms with van der Waals surface area (Å²) in [6.45, 7) is 10.5. The zero-order chi connectivity index (χ0) is 24.3. The van der Waals surface area contributed by atoms with Crippen LogP contribution in [0.3, 0.4) is 0 Å². The summed E-state index contributed by atoms with van der Waals surface area (Å²) in [4.78, 5) is 36.4. The van der Waals surface area contributed by atoms with Gasteiger partial charge in [0.15, 0.2) is 0 Å². The molecule has 9 nitrogen and oxygen atoms in total. The maximum Gasteiger partial charge on any atom is 0.306 e. The quantitative estimate of drug-likeness (QED) is 0.270. The maximum absolute atomic E-state index is 12.5. The van der Waals surface area contributed by atoms with Crippen molar-refractivity contribution in [2.45, 2.75) is 90.5 Å². The van der Waals surface area contributed by atoms with Crippen molar-refractivity contribution >= 4 is 17.9 Å². The Labute approximate surface area is 193 Å². The van der Waals surface area contributed by atoms with E-state index in [1.165, 1.54) is 13.8 Å². The lowest BCUT2D eigenvalue weighted by atomic mass is 9.51. The highest BCUT2D eigenvalue weighted by atomic mass is 16.7. The number of carbonyl (C=O) groups excluding carboxylic acids is 3. The van der Waals surface area contributed by atoms with E-state index in [1.54, 1.807) is 0 Å².